The van der Waals surface area contributed by atoms with Gasteiger partial charge in [0.05, 0.1) is 34.5 Å². The van der Waals surface area contributed by atoms with Crippen molar-refractivity contribution in [2.75, 3.05) is 42.9 Å². The predicted octanol–water partition coefficient (Wildman–Crippen LogP) is 2.17. The van der Waals surface area contributed by atoms with Gasteiger partial charge in [0.25, 0.3) is 0 Å². The van der Waals surface area contributed by atoms with Crippen LogP contribution < -0.4 is 15.5 Å². The van der Waals surface area contributed by atoms with Gasteiger partial charge in [-0.15, -0.1) is 0 Å². The third-order valence-corrected chi connectivity index (χ3v) is 7.69. The number of aromatic nitrogens is 4. The van der Waals surface area contributed by atoms with Crippen LogP contribution in [0.2, 0.25) is 0 Å². The van der Waals surface area contributed by atoms with Crippen LogP contribution in [0, 0.1) is 0 Å². The Morgan fingerprint density at radius 2 is 1.95 bits per heavy atom. The van der Waals surface area contributed by atoms with Crippen LogP contribution >= 0.6 is 0 Å². The third-order valence-electron chi connectivity index (χ3n) is 7.69. The van der Waals surface area contributed by atoms with Crippen LogP contribution in [0.3, 0.4) is 0 Å². The summed E-state index contributed by atoms with van der Waals surface area (Å²) in [4.78, 5) is 25.6. The quantitative estimate of drug-likeness (QED) is 0.461. The lowest BCUT2D eigenvalue weighted by Gasteiger charge is -2.49. The summed E-state index contributed by atoms with van der Waals surface area (Å²) in [5.41, 5.74) is -0.766. The highest BCUT2D eigenvalue weighted by molar-refractivity contribution is 5.89. The van der Waals surface area contributed by atoms with Gasteiger partial charge in [-0.2, -0.15) is 28.2 Å². The minimum absolute atomic E-state index is 0.0658. The van der Waals surface area contributed by atoms with Gasteiger partial charge >= 0.3 is 6.18 Å². The Labute approximate surface area is 216 Å². The van der Waals surface area contributed by atoms with E-state index in [2.05, 4.69) is 30.5 Å². The molecule has 6 rings (SSSR count). The Balaban J connectivity index is 1.32. The van der Waals surface area contributed by atoms with Crippen LogP contribution in [0.5, 0.6) is 0 Å². The molecule has 3 fully saturated rings. The molecule has 3 aliphatic rings. The zero-order valence-corrected chi connectivity index (χ0v) is 20.9. The van der Waals surface area contributed by atoms with Gasteiger partial charge in [-0.3, -0.25) is 9.69 Å². The number of benzene rings is 1. The number of amides is 1. The van der Waals surface area contributed by atoms with Crippen LogP contribution in [0.1, 0.15) is 31.7 Å². The molecule has 2 aromatic heterocycles. The molecule has 3 aliphatic heterocycles. The number of piperidine rings is 1. The number of halogens is 3. The summed E-state index contributed by atoms with van der Waals surface area (Å²) >= 11 is 0. The Kier molecular flexibility index (Phi) is 5.94. The summed E-state index contributed by atoms with van der Waals surface area (Å²) in [6.45, 7) is 5.42. The lowest BCUT2D eigenvalue weighted by Crippen LogP contribution is -2.62. The number of hydrogen-bond donors (Lipinski definition) is 3. The van der Waals surface area contributed by atoms with E-state index in [0.29, 0.717) is 35.4 Å². The standard InChI is InChI=1S/C25H29F3N8O2/c1-24(38)5-7-34(8-6-24)18-13-35(14-18)21-19-12-30-36(17-4-2-3-15(9-17)25(26,27)28)22(19)33-23(32-21)31-16-10-20(37)29-11-16/h2-4,9,12,16,18,38H,5-8,10-11,13-14H2,1H3,(H,29,37)(H,31,32,33)/t16-/m0/s1. The van der Waals surface area contributed by atoms with Crippen molar-refractivity contribution in [1.82, 2.24) is 30.0 Å². The van der Waals surface area contributed by atoms with E-state index in [1.54, 1.807) is 12.3 Å². The maximum absolute atomic E-state index is 13.4. The number of nitrogens with zero attached hydrogens (tertiary/aromatic N) is 6. The fraction of sp³-hybridized carbons (Fsp3) is 0.520. The minimum atomic E-state index is -4.48. The Morgan fingerprint density at radius 1 is 1.18 bits per heavy atom. The smallest absolute Gasteiger partial charge is 0.390 e. The first kappa shape index (κ1) is 24.9. The molecule has 13 heteroatoms. The lowest BCUT2D eigenvalue weighted by atomic mass is 9.92. The molecule has 0 unspecified atom stereocenters. The average molecular weight is 531 g/mol. The molecule has 0 radical (unpaired) electrons. The molecule has 0 aliphatic carbocycles. The Bertz CT molecular complexity index is 1360. The van der Waals surface area contributed by atoms with Crippen molar-refractivity contribution >= 4 is 28.7 Å². The van der Waals surface area contributed by atoms with Gasteiger partial charge in [-0.25, -0.2) is 4.68 Å². The molecule has 1 aromatic carbocycles. The number of fused-ring (bicyclic) bond motifs is 1. The number of aliphatic hydroxyl groups is 1. The van der Waals surface area contributed by atoms with E-state index in [0.717, 1.165) is 51.2 Å². The van der Waals surface area contributed by atoms with Crippen LogP contribution in [0.4, 0.5) is 24.9 Å². The van der Waals surface area contributed by atoms with E-state index in [1.807, 2.05) is 6.92 Å². The van der Waals surface area contributed by atoms with Gasteiger partial charge in [0.2, 0.25) is 11.9 Å². The van der Waals surface area contributed by atoms with Crippen molar-refractivity contribution in [3.05, 3.63) is 36.0 Å². The van der Waals surface area contributed by atoms with E-state index < -0.39 is 17.3 Å². The zero-order chi connectivity index (χ0) is 26.7. The summed E-state index contributed by atoms with van der Waals surface area (Å²) in [5.74, 6) is 0.873. The highest BCUT2D eigenvalue weighted by Gasteiger charge is 2.38. The molecular formula is C25H29F3N8O2. The number of alkyl halides is 3. The van der Waals surface area contributed by atoms with E-state index >= 15 is 0 Å². The number of hydrogen-bond acceptors (Lipinski definition) is 8. The fourth-order valence-electron chi connectivity index (χ4n) is 5.32. The van der Waals surface area contributed by atoms with Crippen molar-refractivity contribution < 1.29 is 23.1 Å². The molecule has 10 nitrogen and oxygen atoms in total. The summed E-state index contributed by atoms with van der Waals surface area (Å²) in [5, 5.41) is 21.3. The molecule has 0 bridgehead atoms. The number of likely N-dealkylation sites (tertiary alicyclic amines) is 1. The zero-order valence-electron chi connectivity index (χ0n) is 20.9. The number of nitrogens with one attached hydrogen (secondary N) is 2. The van der Waals surface area contributed by atoms with Crippen molar-refractivity contribution in [1.29, 1.82) is 0 Å². The van der Waals surface area contributed by atoms with Crippen molar-refractivity contribution in [3.63, 3.8) is 0 Å². The van der Waals surface area contributed by atoms with Crippen LogP contribution in [0.15, 0.2) is 30.5 Å². The number of carbonyl (C=O) groups excluding carboxylic acids is 1. The van der Waals surface area contributed by atoms with E-state index in [9.17, 15) is 23.1 Å². The molecule has 0 spiro atoms. The normalized spacial score (nSPS) is 22.5. The Hall–Kier alpha value is -3.45. The maximum Gasteiger partial charge on any atom is 0.416 e. The maximum atomic E-state index is 13.4. The molecule has 3 aromatic rings. The number of anilines is 2. The van der Waals surface area contributed by atoms with Crippen LogP contribution in [-0.4, -0.2) is 86.1 Å². The molecule has 38 heavy (non-hydrogen) atoms. The van der Waals surface area contributed by atoms with Crippen LogP contribution in [-0.2, 0) is 11.0 Å². The highest BCUT2D eigenvalue weighted by atomic mass is 19.4. The molecule has 5 heterocycles. The van der Waals surface area contributed by atoms with Crippen molar-refractivity contribution in [2.24, 2.45) is 0 Å². The summed E-state index contributed by atoms with van der Waals surface area (Å²) in [6.07, 6.45) is -1.15. The largest absolute Gasteiger partial charge is 0.416 e. The summed E-state index contributed by atoms with van der Waals surface area (Å²) < 4.78 is 41.5. The predicted molar refractivity (Wildman–Crippen MR) is 134 cm³/mol. The van der Waals surface area contributed by atoms with Gasteiger partial charge in [-0.1, -0.05) is 6.07 Å². The Morgan fingerprint density at radius 3 is 2.63 bits per heavy atom. The average Bonchev–Trinajstić information content (AvgIpc) is 3.44. The van der Waals surface area contributed by atoms with Crippen molar-refractivity contribution in [3.8, 4) is 5.69 Å². The first-order valence-electron chi connectivity index (χ1n) is 12.7. The van der Waals surface area contributed by atoms with E-state index in [1.165, 1.54) is 10.7 Å². The first-order chi connectivity index (χ1) is 18.1. The molecule has 202 valence electrons. The molecule has 3 saturated heterocycles. The molecular weight excluding hydrogens is 501 g/mol. The van der Waals surface area contributed by atoms with E-state index in [-0.39, 0.29) is 24.1 Å². The van der Waals surface area contributed by atoms with Gasteiger partial charge in [0.1, 0.15) is 5.82 Å². The van der Waals surface area contributed by atoms with Gasteiger partial charge < -0.3 is 20.6 Å². The second-order valence-corrected chi connectivity index (χ2v) is 10.7. The van der Waals surface area contributed by atoms with Gasteiger partial charge in [0.15, 0.2) is 5.65 Å². The van der Waals surface area contributed by atoms with Gasteiger partial charge in [-0.05, 0) is 38.0 Å². The minimum Gasteiger partial charge on any atom is -0.390 e. The fourth-order valence-corrected chi connectivity index (χ4v) is 5.32. The second-order valence-electron chi connectivity index (χ2n) is 10.7. The molecule has 1 atom stereocenters. The van der Waals surface area contributed by atoms with Crippen LogP contribution in [0.25, 0.3) is 16.7 Å². The third kappa shape index (κ3) is 4.75. The topological polar surface area (TPSA) is 111 Å². The van der Waals surface area contributed by atoms with Crippen molar-refractivity contribution in [2.45, 2.75) is 50.0 Å². The SMILES string of the molecule is CC1(O)CCN(C2CN(c3nc(N[C@@H]4CNC(=O)C4)nc4c3cnn4-c3cccc(C(F)(F)F)c3)C2)CC1. The van der Waals surface area contributed by atoms with E-state index in [4.69, 9.17) is 4.98 Å². The summed E-state index contributed by atoms with van der Waals surface area (Å²) in [7, 11) is 0. The summed E-state index contributed by atoms with van der Waals surface area (Å²) in [6, 6.07) is 5.10. The molecule has 3 N–H and O–H groups in total. The first-order valence-corrected chi connectivity index (χ1v) is 12.7. The molecule has 0 saturated carbocycles. The number of carbonyl (C=O) groups is 1. The van der Waals surface area contributed by atoms with Gasteiger partial charge in [0, 0.05) is 45.2 Å². The highest BCUT2D eigenvalue weighted by Crippen LogP contribution is 2.34. The lowest BCUT2D eigenvalue weighted by molar-refractivity contribution is -0.137. The monoisotopic (exact) mass is 530 g/mol. The molecule has 1 amide bonds. The second kappa shape index (κ2) is 9.09. The number of rotatable bonds is 5.